The van der Waals surface area contributed by atoms with Crippen LogP contribution in [0.15, 0.2) is 48.5 Å². The van der Waals surface area contributed by atoms with E-state index < -0.39 is 58.0 Å². The first kappa shape index (κ1) is 51.9. The van der Waals surface area contributed by atoms with Gasteiger partial charge in [-0.25, -0.2) is 41.8 Å². The first-order valence-electron chi connectivity index (χ1n) is 19.1. The van der Waals surface area contributed by atoms with Crippen molar-refractivity contribution in [2.45, 2.75) is 130 Å². The van der Waals surface area contributed by atoms with Crippen molar-refractivity contribution in [3.8, 4) is 11.5 Å². The minimum absolute atomic E-state index is 0. The molecule has 0 amide bonds. The van der Waals surface area contributed by atoms with Crippen molar-refractivity contribution in [2.24, 2.45) is 0 Å². The molecule has 4 rings (SSSR count). The second-order valence-corrected chi connectivity index (χ2v) is 13.0. The molecule has 11 heteroatoms. The fourth-order valence-electron chi connectivity index (χ4n) is 5.02. The molecule has 0 saturated heterocycles. The molecule has 0 aliphatic heterocycles. The number of hydrogen-bond donors (Lipinski definition) is 0. The Balaban J connectivity index is 0.000000799. The minimum Gasteiger partial charge on any atom is -0.513 e. The summed E-state index contributed by atoms with van der Waals surface area (Å²) in [6, 6.07) is 19.1. The first-order chi connectivity index (χ1) is 25.9. The van der Waals surface area contributed by atoms with Gasteiger partial charge in [-0.05, 0) is 12.8 Å². The Hall–Kier alpha value is -3.11. The van der Waals surface area contributed by atoms with Crippen LogP contribution in [0.1, 0.15) is 128 Å². The van der Waals surface area contributed by atoms with Gasteiger partial charge in [0.05, 0.1) is 71.3 Å². The Bertz CT molecular complexity index is 1340. The van der Waals surface area contributed by atoms with E-state index in [4.69, 9.17) is 9.47 Å². The molecule has 0 spiro atoms. The number of ether oxygens (including phenoxy) is 2. The Labute approximate surface area is 338 Å². The van der Waals surface area contributed by atoms with E-state index in [1.165, 1.54) is 74.6 Å². The number of hydrogen-bond acceptors (Lipinski definition) is 2. The van der Waals surface area contributed by atoms with Crippen LogP contribution in [0.3, 0.4) is 0 Å². The molecule has 4 aromatic carbocycles. The Morgan fingerprint density at radius 3 is 0.873 bits per heavy atom. The zero-order valence-corrected chi connectivity index (χ0v) is 34.2. The molecule has 0 radical (unpaired) electrons. The molecule has 304 valence electrons. The van der Waals surface area contributed by atoms with Crippen LogP contribution >= 0.6 is 0 Å². The summed E-state index contributed by atoms with van der Waals surface area (Å²) in [5, 5.41) is 0. The Morgan fingerprint density at radius 1 is 0.418 bits per heavy atom. The van der Waals surface area contributed by atoms with Crippen LogP contribution in [0, 0.1) is 72.5 Å². The summed E-state index contributed by atoms with van der Waals surface area (Å²) in [6.45, 7) is 8.54. The molecular weight excluding hydrogens is 760 g/mol. The smallest absolute Gasteiger partial charge is 0.513 e. The van der Waals surface area contributed by atoms with Gasteiger partial charge in [-0.3, -0.25) is 17.6 Å². The van der Waals surface area contributed by atoms with E-state index in [2.05, 4.69) is 52.0 Å². The maximum absolute atomic E-state index is 13.3. The first-order valence-corrected chi connectivity index (χ1v) is 19.1. The summed E-state index contributed by atoms with van der Waals surface area (Å²) < 4.78 is 114. The molecule has 0 atom stereocenters. The topological polar surface area (TPSA) is 18.5 Å². The predicted octanol–water partition coefficient (Wildman–Crippen LogP) is 14.6. The second-order valence-electron chi connectivity index (χ2n) is 13.0. The van der Waals surface area contributed by atoms with Crippen LogP contribution in [-0.4, -0.2) is 13.2 Å². The van der Waals surface area contributed by atoms with Crippen LogP contribution in [-0.2, 0) is 21.7 Å². The van der Waals surface area contributed by atoms with E-state index in [0.29, 0.717) is 12.8 Å². The zero-order valence-electron chi connectivity index (χ0n) is 32.7. The SMILES string of the molecule is CCCCCCCCCCOc1c(F)c(F)[c-]c(F)c1F.CCCCCCCCCCOc1c(F)c(F)[c-]c(F)c1F.C[c-]1cccc1.C[c-]1cccc1.[Ti+4]. The van der Waals surface area contributed by atoms with Gasteiger partial charge in [-0.1, -0.05) is 118 Å². The van der Waals surface area contributed by atoms with E-state index in [-0.39, 0.29) is 34.9 Å². The average molecular weight is 817 g/mol. The molecule has 0 aromatic heterocycles. The largest absolute Gasteiger partial charge is 4.00 e. The van der Waals surface area contributed by atoms with Crippen molar-refractivity contribution in [3.63, 3.8) is 0 Å². The van der Waals surface area contributed by atoms with Crippen molar-refractivity contribution >= 4 is 0 Å². The molecule has 4 aromatic rings. The van der Waals surface area contributed by atoms with Gasteiger partial charge in [0.25, 0.3) is 0 Å². The van der Waals surface area contributed by atoms with Crippen molar-refractivity contribution < 1.29 is 66.3 Å². The van der Waals surface area contributed by atoms with Crippen LogP contribution in [0.2, 0.25) is 0 Å². The number of benzene rings is 2. The minimum atomic E-state index is -1.57. The zero-order chi connectivity index (χ0) is 40.1. The van der Waals surface area contributed by atoms with Gasteiger partial charge >= 0.3 is 21.7 Å². The fraction of sp³-hybridized carbons (Fsp3) is 0.500. The van der Waals surface area contributed by atoms with Crippen LogP contribution in [0.25, 0.3) is 0 Å². The molecule has 0 fully saturated rings. The standard InChI is InChI=1S/2C16H21F4O.2C6H7.Ti/c2*1-2-3-4-5-6-7-8-9-10-21-16-14(19)12(17)11-13(18)15(16)20;2*1-6-4-2-3-5-6;/h2*2-10H2,1H3;2*2-5H,1H3;/q4*-1;+4. The number of halogens is 8. The third-order valence-electron chi connectivity index (χ3n) is 8.15. The molecule has 55 heavy (non-hydrogen) atoms. The van der Waals surface area contributed by atoms with Gasteiger partial charge in [0.1, 0.15) is 0 Å². The molecule has 0 unspecified atom stereocenters. The molecule has 0 heterocycles. The van der Waals surface area contributed by atoms with E-state index >= 15 is 0 Å². The van der Waals surface area contributed by atoms with Crippen LogP contribution < -0.4 is 9.47 Å². The Kier molecular flexibility index (Phi) is 30.2. The predicted molar refractivity (Wildman–Crippen MR) is 200 cm³/mol. The van der Waals surface area contributed by atoms with Gasteiger partial charge in [0.2, 0.25) is 0 Å². The third-order valence-corrected chi connectivity index (χ3v) is 8.15. The van der Waals surface area contributed by atoms with Crippen molar-refractivity contribution in [1.82, 2.24) is 0 Å². The number of aryl methyl sites for hydroxylation is 2. The van der Waals surface area contributed by atoms with Crippen molar-refractivity contribution in [3.05, 3.63) is 118 Å². The van der Waals surface area contributed by atoms with Gasteiger partial charge in [-0.15, -0.1) is 12.1 Å². The van der Waals surface area contributed by atoms with E-state index in [1.54, 1.807) is 0 Å². The van der Waals surface area contributed by atoms with E-state index in [9.17, 15) is 35.1 Å². The summed E-state index contributed by atoms with van der Waals surface area (Å²) in [6.07, 6.45) is 16.9. The summed E-state index contributed by atoms with van der Waals surface area (Å²) >= 11 is 0. The maximum atomic E-state index is 13.3. The van der Waals surface area contributed by atoms with Crippen molar-refractivity contribution in [1.29, 1.82) is 0 Å². The average Bonchev–Trinajstić information content (AvgIpc) is 3.85. The molecule has 0 aliphatic rings. The van der Waals surface area contributed by atoms with Gasteiger partial charge < -0.3 is 9.47 Å². The second kappa shape index (κ2) is 32.0. The fourth-order valence-corrected chi connectivity index (χ4v) is 5.02. The Morgan fingerprint density at radius 2 is 0.655 bits per heavy atom. The molecule has 2 nitrogen and oxygen atoms in total. The number of unbranched alkanes of at least 4 members (excludes halogenated alkanes) is 14. The van der Waals surface area contributed by atoms with Crippen LogP contribution in [0.4, 0.5) is 35.1 Å². The molecule has 0 bridgehead atoms. The molecule has 0 saturated carbocycles. The van der Waals surface area contributed by atoms with E-state index in [0.717, 1.165) is 38.5 Å². The number of rotatable bonds is 20. The summed E-state index contributed by atoms with van der Waals surface area (Å²) in [5.41, 5.74) is 2.69. The molecule has 0 aliphatic carbocycles. The van der Waals surface area contributed by atoms with E-state index in [1.807, 2.05) is 24.3 Å². The van der Waals surface area contributed by atoms with Gasteiger partial charge in [-0.2, -0.15) is 35.4 Å². The third kappa shape index (κ3) is 22.9. The normalized spacial score (nSPS) is 10.3. The van der Waals surface area contributed by atoms with Crippen LogP contribution in [0.5, 0.6) is 11.5 Å². The van der Waals surface area contributed by atoms with Gasteiger partial charge in [0, 0.05) is 0 Å². The molecular formula is C44H56F8O2Ti. The summed E-state index contributed by atoms with van der Waals surface area (Å²) in [7, 11) is 0. The monoisotopic (exact) mass is 816 g/mol. The van der Waals surface area contributed by atoms with Gasteiger partial charge in [0.15, 0.2) is 0 Å². The summed E-state index contributed by atoms with van der Waals surface area (Å²) in [5.74, 6) is -14.4. The quantitative estimate of drug-likeness (QED) is 0.0291. The van der Waals surface area contributed by atoms with Crippen molar-refractivity contribution in [2.75, 3.05) is 13.2 Å². The maximum Gasteiger partial charge on any atom is 4.00 e. The molecule has 0 N–H and O–H groups in total. The summed E-state index contributed by atoms with van der Waals surface area (Å²) in [4.78, 5) is 0.